The molecule has 0 spiro atoms. The fourth-order valence-electron chi connectivity index (χ4n) is 3.45. The molecule has 1 N–H and O–H groups in total. The van der Waals surface area contributed by atoms with Crippen molar-refractivity contribution in [2.24, 2.45) is 0 Å². The van der Waals surface area contributed by atoms with Crippen LogP contribution in [0, 0.1) is 5.82 Å². The Labute approximate surface area is 193 Å². The lowest BCUT2D eigenvalue weighted by molar-refractivity contribution is 0.0600. The molecule has 0 aliphatic heterocycles. The number of nitrogens with zero attached hydrogens (tertiary/aromatic N) is 2. The molecule has 0 amide bonds. The number of ketones is 1. The first-order valence-corrected chi connectivity index (χ1v) is 10.2. The van der Waals surface area contributed by atoms with Crippen molar-refractivity contribution < 1.29 is 28.2 Å². The van der Waals surface area contributed by atoms with E-state index in [1.165, 1.54) is 37.6 Å². The minimum absolute atomic E-state index is 0.0421. The van der Waals surface area contributed by atoms with E-state index < -0.39 is 11.8 Å². The van der Waals surface area contributed by atoms with Gasteiger partial charge in [0.2, 0.25) is 0 Å². The van der Waals surface area contributed by atoms with E-state index in [0.29, 0.717) is 11.1 Å². The van der Waals surface area contributed by atoms with Crippen LogP contribution in [0.5, 0.6) is 5.75 Å². The summed E-state index contributed by atoms with van der Waals surface area (Å²) in [7, 11) is 1.25. The third-order valence-electron chi connectivity index (χ3n) is 5.16. The summed E-state index contributed by atoms with van der Waals surface area (Å²) >= 11 is 0. The van der Waals surface area contributed by atoms with Crippen molar-refractivity contribution >= 4 is 33.7 Å². The minimum Gasteiger partial charge on any atom is -0.507 e. The first-order chi connectivity index (χ1) is 16.4. The summed E-state index contributed by atoms with van der Waals surface area (Å²) in [6.45, 7) is 1.55. The molecule has 3 aromatic heterocycles. The summed E-state index contributed by atoms with van der Waals surface area (Å²) in [6, 6.07) is 13.0. The van der Waals surface area contributed by atoms with Crippen molar-refractivity contribution in [3.63, 3.8) is 0 Å². The summed E-state index contributed by atoms with van der Waals surface area (Å²) in [4.78, 5) is 30.1. The van der Waals surface area contributed by atoms with E-state index in [9.17, 15) is 19.1 Å². The van der Waals surface area contributed by atoms with Gasteiger partial charge in [-0.15, -0.1) is 0 Å². The van der Waals surface area contributed by atoms with Gasteiger partial charge in [-0.05, 0) is 49.4 Å². The number of hydrogen-bond donors (Lipinski definition) is 1. The SMILES string of the molecule is CC(=O)c1ccc2c(c1)oc1cnccc12.COC(=O)c1ccc(-c2ccncc2F)c(O)c1. The van der Waals surface area contributed by atoms with Crippen LogP contribution >= 0.6 is 0 Å². The number of Topliss-reactive ketones (excluding diaryl/α,β-unsaturated/α-hetero) is 1. The number of aromatic nitrogens is 2. The fourth-order valence-corrected chi connectivity index (χ4v) is 3.45. The van der Waals surface area contributed by atoms with Crippen molar-refractivity contribution in [1.29, 1.82) is 0 Å². The molecule has 0 radical (unpaired) electrons. The number of rotatable bonds is 3. The maximum absolute atomic E-state index is 13.5. The predicted molar refractivity (Wildman–Crippen MR) is 124 cm³/mol. The fraction of sp³-hybridized carbons (Fsp3) is 0.0769. The smallest absolute Gasteiger partial charge is 0.337 e. The number of furan rings is 1. The third kappa shape index (κ3) is 4.47. The highest BCUT2D eigenvalue weighted by Crippen LogP contribution is 2.31. The van der Waals surface area contributed by atoms with Crippen LogP contribution in [0.15, 0.2) is 77.7 Å². The Balaban J connectivity index is 0.000000162. The number of benzene rings is 2. The molecule has 7 nitrogen and oxygen atoms in total. The van der Waals surface area contributed by atoms with Crippen molar-refractivity contribution in [1.82, 2.24) is 9.97 Å². The quantitative estimate of drug-likeness (QED) is 0.279. The van der Waals surface area contributed by atoms with Gasteiger partial charge in [0.1, 0.15) is 17.1 Å². The average Bonchev–Trinajstić information content (AvgIpc) is 3.22. The van der Waals surface area contributed by atoms with Gasteiger partial charge in [0.25, 0.3) is 0 Å². The van der Waals surface area contributed by atoms with E-state index >= 15 is 0 Å². The topological polar surface area (TPSA) is 103 Å². The number of phenolic OH excluding ortho intramolecular Hbond substituents is 1. The van der Waals surface area contributed by atoms with Crippen molar-refractivity contribution in [3.05, 3.63) is 90.3 Å². The second-order valence-electron chi connectivity index (χ2n) is 7.32. The number of halogens is 1. The molecule has 0 saturated heterocycles. The Bertz CT molecular complexity index is 1530. The number of pyridine rings is 2. The molecule has 0 unspecified atom stereocenters. The van der Waals surface area contributed by atoms with Gasteiger partial charge >= 0.3 is 5.97 Å². The standard InChI is InChI=1S/C13H10FNO3.C13H9NO2/c1-18-13(17)8-2-3-10(12(16)6-8)9-4-5-15-7-11(9)14;1-8(15)9-2-3-10-11-4-5-14-7-13(11)16-12(10)6-9/h2-7,16H,1H3;2-7H,1H3. The normalized spacial score (nSPS) is 10.6. The van der Waals surface area contributed by atoms with Gasteiger partial charge in [-0.3, -0.25) is 14.8 Å². The number of ether oxygens (including phenoxy) is 1. The zero-order valence-corrected chi connectivity index (χ0v) is 18.3. The van der Waals surface area contributed by atoms with Crippen LogP contribution in [0.3, 0.4) is 0 Å². The molecule has 5 rings (SSSR count). The van der Waals surface area contributed by atoms with Crippen LogP contribution < -0.4 is 0 Å². The van der Waals surface area contributed by atoms with Gasteiger partial charge < -0.3 is 14.3 Å². The molecule has 34 heavy (non-hydrogen) atoms. The summed E-state index contributed by atoms with van der Waals surface area (Å²) in [5, 5.41) is 11.9. The first-order valence-electron chi connectivity index (χ1n) is 10.2. The highest BCUT2D eigenvalue weighted by Gasteiger charge is 2.13. The lowest BCUT2D eigenvalue weighted by Crippen LogP contribution is -2.00. The molecular formula is C26H19FN2O5. The van der Waals surface area contributed by atoms with Crippen LogP contribution in [0.1, 0.15) is 27.6 Å². The van der Waals surface area contributed by atoms with Crippen LogP contribution in [0.4, 0.5) is 4.39 Å². The number of aromatic hydroxyl groups is 1. The zero-order valence-electron chi connectivity index (χ0n) is 18.3. The molecule has 0 atom stereocenters. The summed E-state index contributed by atoms with van der Waals surface area (Å²) in [5.74, 6) is -1.26. The van der Waals surface area contributed by atoms with Gasteiger partial charge in [-0.1, -0.05) is 6.07 Å². The van der Waals surface area contributed by atoms with Gasteiger partial charge in [-0.25, -0.2) is 9.18 Å². The van der Waals surface area contributed by atoms with E-state index in [0.717, 1.165) is 28.1 Å². The Hall–Kier alpha value is -4.59. The number of esters is 1. The van der Waals surface area contributed by atoms with Crippen LogP contribution in [0.25, 0.3) is 33.1 Å². The summed E-state index contributed by atoms with van der Waals surface area (Å²) in [5.41, 5.74) is 2.86. The lowest BCUT2D eigenvalue weighted by Gasteiger charge is -2.07. The van der Waals surface area contributed by atoms with Gasteiger partial charge in [-0.2, -0.15) is 0 Å². The Morgan fingerprint density at radius 3 is 2.29 bits per heavy atom. The molecule has 0 aliphatic rings. The molecule has 3 heterocycles. The third-order valence-corrected chi connectivity index (χ3v) is 5.16. The number of phenols is 1. The number of methoxy groups -OCH3 is 1. The maximum atomic E-state index is 13.5. The molecule has 8 heteroatoms. The molecule has 170 valence electrons. The summed E-state index contributed by atoms with van der Waals surface area (Å²) in [6.07, 6.45) is 5.90. The van der Waals surface area contributed by atoms with Gasteiger partial charge in [0.05, 0.1) is 25.1 Å². The van der Waals surface area contributed by atoms with Crippen LogP contribution in [-0.4, -0.2) is 33.9 Å². The number of carbonyl (C=O) groups is 2. The second kappa shape index (κ2) is 9.50. The van der Waals surface area contributed by atoms with E-state index in [4.69, 9.17) is 4.42 Å². The van der Waals surface area contributed by atoms with Crippen molar-refractivity contribution in [3.8, 4) is 16.9 Å². The van der Waals surface area contributed by atoms with Crippen LogP contribution in [-0.2, 0) is 4.74 Å². The molecule has 0 saturated carbocycles. The highest BCUT2D eigenvalue weighted by atomic mass is 19.1. The van der Waals surface area contributed by atoms with E-state index in [-0.39, 0.29) is 22.7 Å². The maximum Gasteiger partial charge on any atom is 0.337 e. The zero-order chi connectivity index (χ0) is 24.2. The minimum atomic E-state index is -0.563. The van der Waals surface area contributed by atoms with Gasteiger partial charge in [0.15, 0.2) is 11.4 Å². The van der Waals surface area contributed by atoms with E-state index in [1.54, 1.807) is 25.4 Å². The largest absolute Gasteiger partial charge is 0.507 e. The van der Waals surface area contributed by atoms with Crippen LogP contribution in [0.2, 0.25) is 0 Å². The monoisotopic (exact) mass is 458 g/mol. The summed E-state index contributed by atoms with van der Waals surface area (Å²) < 4.78 is 23.7. The number of hydrogen-bond acceptors (Lipinski definition) is 7. The molecule has 5 aromatic rings. The molecule has 2 aromatic carbocycles. The number of carbonyl (C=O) groups excluding carboxylic acids is 2. The molecule has 0 fully saturated rings. The second-order valence-corrected chi connectivity index (χ2v) is 7.32. The predicted octanol–water partition coefficient (Wildman–Crippen LogP) is 5.56. The highest BCUT2D eigenvalue weighted by molar-refractivity contribution is 6.07. The Morgan fingerprint density at radius 2 is 1.59 bits per heavy atom. The molecule has 0 bridgehead atoms. The Morgan fingerprint density at radius 1 is 0.882 bits per heavy atom. The first kappa shape index (κ1) is 22.6. The van der Waals surface area contributed by atoms with Gasteiger partial charge in [0, 0.05) is 39.9 Å². The molecular weight excluding hydrogens is 439 g/mol. The van der Waals surface area contributed by atoms with Crippen molar-refractivity contribution in [2.75, 3.05) is 7.11 Å². The van der Waals surface area contributed by atoms with E-state index in [2.05, 4.69) is 14.7 Å². The van der Waals surface area contributed by atoms with E-state index in [1.807, 2.05) is 18.2 Å². The molecule has 0 aliphatic carbocycles. The van der Waals surface area contributed by atoms with Crippen molar-refractivity contribution in [2.45, 2.75) is 6.92 Å². The lowest BCUT2D eigenvalue weighted by atomic mass is 10.0. The Kier molecular flexibility index (Phi) is 6.31. The average molecular weight is 458 g/mol. The number of fused-ring (bicyclic) bond motifs is 3.